The Kier molecular flexibility index (Phi) is 4.28. The van der Waals surface area contributed by atoms with Gasteiger partial charge in [-0.15, -0.1) is 10.2 Å². The molecule has 110 valence electrons. The highest BCUT2D eigenvalue weighted by atomic mass is 35.5. The number of hydrogen-bond acceptors (Lipinski definition) is 6. The van der Waals surface area contributed by atoms with Crippen LogP contribution in [0.2, 0.25) is 10.0 Å². The second-order valence-corrected chi connectivity index (χ2v) is 5.76. The van der Waals surface area contributed by atoms with Crippen molar-refractivity contribution in [2.24, 2.45) is 0 Å². The Balaban J connectivity index is 1.88. The molecular weight excluding hydrogens is 345 g/mol. The molecule has 0 fully saturated rings. The maximum Gasteiger partial charge on any atom is 0.276 e. The topological polar surface area (TPSA) is 80.7 Å². The van der Waals surface area contributed by atoms with Crippen LogP contribution in [0.1, 0.15) is 10.5 Å². The first-order valence-corrected chi connectivity index (χ1v) is 7.62. The standard InChI is InChI=1S/C13H7Cl2N5OS/c14-8-2-1-7(3-9(8)15)10-4-11(17-5-16-10)12(21)19-13-20-18-6-22-13/h1-6H,(H,19,20,21). The summed E-state index contributed by atoms with van der Waals surface area (Å²) >= 11 is 13.1. The van der Waals surface area contributed by atoms with Crippen LogP contribution in [0.5, 0.6) is 0 Å². The average Bonchev–Trinajstić information content (AvgIpc) is 3.03. The van der Waals surface area contributed by atoms with E-state index >= 15 is 0 Å². The van der Waals surface area contributed by atoms with E-state index in [0.717, 1.165) is 5.56 Å². The van der Waals surface area contributed by atoms with Gasteiger partial charge in [-0.05, 0) is 18.2 Å². The molecule has 3 rings (SSSR count). The van der Waals surface area contributed by atoms with Crippen LogP contribution in [0, 0.1) is 0 Å². The lowest BCUT2D eigenvalue weighted by Crippen LogP contribution is -2.13. The van der Waals surface area contributed by atoms with Gasteiger partial charge in [0.15, 0.2) is 0 Å². The van der Waals surface area contributed by atoms with Crippen molar-refractivity contribution in [2.75, 3.05) is 5.32 Å². The van der Waals surface area contributed by atoms with E-state index < -0.39 is 0 Å². The molecule has 0 aliphatic carbocycles. The number of anilines is 1. The Morgan fingerprint density at radius 1 is 1.14 bits per heavy atom. The lowest BCUT2D eigenvalue weighted by molar-refractivity contribution is 0.102. The maximum atomic E-state index is 12.1. The Hall–Kier alpha value is -2.09. The predicted molar refractivity (Wildman–Crippen MR) is 85.4 cm³/mol. The fourth-order valence-corrected chi connectivity index (χ4v) is 2.42. The molecule has 0 spiro atoms. The number of hydrogen-bond donors (Lipinski definition) is 1. The maximum absolute atomic E-state index is 12.1. The van der Waals surface area contributed by atoms with Gasteiger partial charge in [0.25, 0.3) is 5.91 Å². The number of carbonyl (C=O) groups is 1. The van der Waals surface area contributed by atoms with E-state index in [1.807, 2.05) is 0 Å². The summed E-state index contributed by atoms with van der Waals surface area (Å²) in [5.41, 5.74) is 3.04. The molecule has 3 aromatic rings. The van der Waals surface area contributed by atoms with Gasteiger partial charge in [0.1, 0.15) is 17.5 Å². The third-order valence-corrected chi connectivity index (χ3v) is 4.04. The monoisotopic (exact) mass is 351 g/mol. The number of nitrogens with zero attached hydrogens (tertiary/aromatic N) is 4. The molecule has 1 aromatic carbocycles. The minimum Gasteiger partial charge on any atom is -0.295 e. The van der Waals surface area contributed by atoms with Crippen LogP contribution in [0.4, 0.5) is 5.13 Å². The third kappa shape index (κ3) is 3.22. The first kappa shape index (κ1) is 14.8. The van der Waals surface area contributed by atoms with Crippen molar-refractivity contribution in [1.29, 1.82) is 0 Å². The Bertz CT molecular complexity index is 825. The number of aromatic nitrogens is 4. The van der Waals surface area contributed by atoms with Crippen LogP contribution in [0.3, 0.4) is 0 Å². The van der Waals surface area contributed by atoms with Crippen molar-refractivity contribution >= 4 is 45.6 Å². The Morgan fingerprint density at radius 3 is 2.73 bits per heavy atom. The quantitative estimate of drug-likeness (QED) is 0.780. The lowest BCUT2D eigenvalue weighted by atomic mass is 10.1. The van der Waals surface area contributed by atoms with E-state index in [4.69, 9.17) is 23.2 Å². The minimum absolute atomic E-state index is 0.214. The van der Waals surface area contributed by atoms with Gasteiger partial charge in [0.05, 0.1) is 15.7 Å². The molecule has 22 heavy (non-hydrogen) atoms. The summed E-state index contributed by atoms with van der Waals surface area (Å²) in [6, 6.07) is 6.68. The van der Waals surface area contributed by atoms with Crippen molar-refractivity contribution < 1.29 is 4.79 Å². The number of halogens is 2. The number of amides is 1. The molecule has 9 heteroatoms. The van der Waals surface area contributed by atoms with Crippen LogP contribution in [0.15, 0.2) is 36.1 Å². The molecule has 0 aliphatic heterocycles. The Morgan fingerprint density at radius 2 is 2.00 bits per heavy atom. The van der Waals surface area contributed by atoms with Gasteiger partial charge < -0.3 is 0 Å². The Labute approximate surface area is 139 Å². The zero-order valence-corrected chi connectivity index (χ0v) is 13.2. The van der Waals surface area contributed by atoms with E-state index in [1.165, 1.54) is 23.2 Å². The van der Waals surface area contributed by atoms with E-state index in [9.17, 15) is 4.79 Å². The fourth-order valence-electron chi connectivity index (χ4n) is 1.68. The lowest BCUT2D eigenvalue weighted by Gasteiger charge is -2.05. The predicted octanol–water partition coefficient (Wildman–Crippen LogP) is 3.55. The van der Waals surface area contributed by atoms with Gasteiger partial charge in [-0.2, -0.15) is 0 Å². The van der Waals surface area contributed by atoms with E-state index in [0.29, 0.717) is 20.9 Å². The van der Waals surface area contributed by atoms with Gasteiger partial charge in [-0.25, -0.2) is 9.97 Å². The SMILES string of the molecule is O=C(Nc1nncs1)c1cc(-c2ccc(Cl)c(Cl)c2)ncn1. The van der Waals surface area contributed by atoms with Crippen molar-refractivity contribution in [3.05, 3.63) is 51.8 Å². The summed E-state index contributed by atoms with van der Waals surface area (Å²) in [6.07, 6.45) is 1.31. The van der Waals surface area contributed by atoms with Crippen LogP contribution in [0.25, 0.3) is 11.3 Å². The van der Waals surface area contributed by atoms with Crippen molar-refractivity contribution in [3.63, 3.8) is 0 Å². The highest BCUT2D eigenvalue weighted by molar-refractivity contribution is 7.13. The van der Waals surface area contributed by atoms with Crippen LogP contribution in [-0.4, -0.2) is 26.1 Å². The molecule has 0 radical (unpaired) electrons. The highest BCUT2D eigenvalue weighted by Gasteiger charge is 2.12. The fraction of sp³-hybridized carbons (Fsp3) is 0. The molecule has 1 amide bonds. The number of benzene rings is 1. The van der Waals surface area contributed by atoms with E-state index in [2.05, 4.69) is 25.5 Å². The molecule has 0 unspecified atom stereocenters. The van der Waals surface area contributed by atoms with Gasteiger partial charge >= 0.3 is 0 Å². The average molecular weight is 352 g/mol. The second-order valence-electron chi connectivity index (χ2n) is 4.12. The highest BCUT2D eigenvalue weighted by Crippen LogP contribution is 2.27. The summed E-state index contributed by atoms with van der Waals surface area (Å²) in [4.78, 5) is 20.2. The second kappa shape index (κ2) is 6.35. The molecule has 2 aromatic heterocycles. The molecular formula is C13H7Cl2N5OS. The summed E-state index contributed by atoms with van der Waals surface area (Å²) in [6.45, 7) is 0. The molecule has 1 N–H and O–H groups in total. The van der Waals surface area contributed by atoms with E-state index in [-0.39, 0.29) is 11.6 Å². The molecule has 0 bridgehead atoms. The minimum atomic E-state index is -0.388. The normalized spacial score (nSPS) is 10.5. The molecule has 0 saturated carbocycles. The van der Waals surface area contributed by atoms with Gasteiger partial charge in [0, 0.05) is 5.56 Å². The van der Waals surface area contributed by atoms with E-state index in [1.54, 1.807) is 24.3 Å². The first-order chi connectivity index (χ1) is 10.6. The zero-order chi connectivity index (χ0) is 15.5. The number of nitrogens with one attached hydrogen (secondary N) is 1. The van der Waals surface area contributed by atoms with Gasteiger partial charge in [-0.3, -0.25) is 10.1 Å². The van der Waals surface area contributed by atoms with Crippen LogP contribution in [-0.2, 0) is 0 Å². The largest absolute Gasteiger partial charge is 0.295 e. The van der Waals surface area contributed by atoms with Crippen molar-refractivity contribution in [3.8, 4) is 11.3 Å². The summed E-state index contributed by atoms with van der Waals surface area (Å²) in [5, 5.41) is 11.3. The van der Waals surface area contributed by atoms with Crippen molar-refractivity contribution in [2.45, 2.75) is 0 Å². The van der Waals surface area contributed by atoms with Gasteiger partial charge in [-0.1, -0.05) is 40.6 Å². The number of carbonyl (C=O) groups excluding carboxylic acids is 1. The molecule has 2 heterocycles. The van der Waals surface area contributed by atoms with Crippen LogP contribution >= 0.6 is 34.5 Å². The van der Waals surface area contributed by atoms with Gasteiger partial charge in [0.2, 0.25) is 5.13 Å². The smallest absolute Gasteiger partial charge is 0.276 e. The molecule has 0 atom stereocenters. The molecule has 6 nitrogen and oxygen atoms in total. The third-order valence-electron chi connectivity index (χ3n) is 2.70. The summed E-state index contributed by atoms with van der Waals surface area (Å²) in [7, 11) is 0. The number of rotatable bonds is 3. The summed E-state index contributed by atoms with van der Waals surface area (Å²) < 4.78 is 0. The zero-order valence-electron chi connectivity index (χ0n) is 10.8. The van der Waals surface area contributed by atoms with Crippen molar-refractivity contribution in [1.82, 2.24) is 20.2 Å². The van der Waals surface area contributed by atoms with Crippen LogP contribution < -0.4 is 5.32 Å². The summed E-state index contributed by atoms with van der Waals surface area (Å²) in [5.74, 6) is -0.388. The first-order valence-electron chi connectivity index (χ1n) is 5.98. The molecule has 0 saturated heterocycles. The molecule has 0 aliphatic rings.